The average molecular weight is 378 g/mol. The highest BCUT2D eigenvalue weighted by molar-refractivity contribution is 5.77. The molecule has 1 heterocycles. The Morgan fingerprint density at radius 2 is 1.89 bits per heavy atom. The normalized spacial score (nSPS) is 40.8. The van der Waals surface area contributed by atoms with E-state index in [0.717, 1.165) is 37.7 Å². The average Bonchev–Trinajstić information content (AvgIpc) is 2.97. The summed E-state index contributed by atoms with van der Waals surface area (Å²) < 4.78 is 6.33. The van der Waals surface area contributed by atoms with Gasteiger partial charge in [-0.2, -0.15) is 5.26 Å². The van der Waals surface area contributed by atoms with E-state index in [1.165, 1.54) is 30.4 Å². The van der Waals surface area contributed by atoms with Crippen LogP contribution >= 0.6 is 0 Å². The molecule has 5 atom stereocenters. The summed E-state index contributed by atoms with van der Waals surface area (Å²) in [5, 5.41) is 9.24. The molecule has 3 heteroatoms. The molecule has 0 bridgehead atoms. The minimum absolute atomic E-state index is 0.0146. The number of carbonyl (C=O) groups excluding carboxylic acids is 1. The zero-order valence-corrected chi connectivity index (χ0v) is 17.4. The molecule has 4 aliphatic rings. The molecule has 3 aliphatic carbocycles. The number of hydrogen-bond acceptors (Lipinski definition) is 3. The van der Waals surface area contributed by atoms with Gasteiger partial charge in [-0.1, -0.05) is 13.0 Å². The van der Waals surface area contributed by atoms with E-state index in [1.54, 1.807) is 0 Å². The molecule has 0 aromatic heterocycles. The van der Waals surface area contributed by atoms with Gasteiger partial charge in [0.25, 0.3) is 0 Å². The summed E-state index contributed by atoms with van der Waals surface area (Å²) in [7, 11) is 0. The fourth-order valence-corrected chi connectivity index (χ4v) is 7.31. The van der Waals surface area contributed by atoms with Crippen molar-refractivity contribution in [3.63, 3.8) is 0 Å². The van der Waals surface area contributed by atoms with Crippen LogP contribution in [0.5, 0.6) is 0 Å². The number of ether oxygens (including phenoxy) is 1. The third-order valence-corrected chi connectivity index (χ3v) is 9.14. The zero-order chi connectivity index (χ0) is 19.7. The van der Waals surface area contributed by atoms with Crippen LogP contribution in [0.4, 0.5) is 0 Å². The van der Waals surface area contributed by atoms with Gasteiger partial charge in [0.2, 0.25) is 0 Å². The summed E-state index contributed by atoms with van der Waals surface area (Å²) in [4.78, 5) is 12.8. The molecule has 1 aliphatic heterocycles. The second-order valence-corrected chi connectivity index (χ2v) is 10.7. The van der Waals surface area contributed by atoms with Crippen LogP contribution in [0, 0.1) is 34.0 Å². The maximum atomic E-state index is 12.8. The molecular formula is C25H31NO2. The Bertz CT molecular complexity index is 881. The molecule has 148 valence electrons. The van der Waals surface area contributed by atoms with Crippen LogP contribution in [0.25, 0.3) is 0 Å². The first-order chi connectivity index (χ1) is 13.3. The molecule has 2 saturated carbocycles. The SMILES string of the molecule is CC1(C)CC[C@@]2(CC[C@H]3[C@@H]4CCc5cc(C#N)ccc5[C@H]4CC[C@@]32C)OC1=O. The molecule has 3 nitrogen and oxygen atoms in total. The lowest BCUT2D eigenvalue weighted by Crippen LogP contribution is -2.56. The maximum absolute atomic E-state index is 12.8. The topological polar surface area (TPSA) is 50.1 Å². The van der Waals surface area contributed by atoms with Crippen molar-refractivity contribution in [1.82, 2.24) is 0 Å². The van der Waals surface area contributed by atoms with Crippen LogP contribution in [0.1, 0.15) is 88.3 Å². The lowest BCUT2D eigenvalue weighted by atomic mass is 9.52. The minimum Gasteiger partial charge on any atom is -0.458 e. The molecule has 0 N–H and O–H groups in total. The van der Waals surface area contributed by atoms with Crippen molar-refractivity contribution < 1.29 is 9.53 Å². The van der Waals surface area contributed by atoms with Gasteiger partial charge in [0, 0.05) is 5.41 Å². The summed E-state index contributed by atoms with van der Waals surface area (Å²) in [5.74, 6) is 1.96. The molecule has 1 spiro atoms. The quantitative estimate of drug-likeness (QED) is 0.560. The number of carbonyl (C=O) groups is 1. The van der Waals surface area contributed by atoms with Crippen molar-refractivity contribution in [2.24, 2.45) is 22.7 Å². The van der Waals surface area contributed by atoms with E-state index in [2.05, 4.69) is 25.1 Å². The third-order valence-electron chi connectivity index (χ3n) is 9.14. The lowest BCUT2D eigenvalue weighted by molar-refractivity contribution is -0.206. The van der Waals surface area contributed by atoms with E-state index in [-0.39, 0.29) is 22.4 Å². The molecule has 1 saturated heterocycles. The summed E-state index contributed by atoms with van der Waals surface area (Å²) in [6.07, 6.45) is 8.82. The maximum Gasteiger partial charge on any atom is 0.312 e. The van der Waals surface area contributed by atoms with Gasteiger partial charge in [0.1, 0.15) is 5.60 Å². The summed E-state index contributed by atoms with van der Waals surface area (Å²) in [6, 6.07) is 8.62. The zero-order valence-electron chi connectivity index (χ0n) is 17.4. The van der Waals surface area contributed by atoms with Gasteiger partial charge in [0.15, 0.2) is 0 Å². The first-order valence-corrected chi connectivity index (χ1v) is 11.1. The highest BCUT2D eigenvalue weighted by atomic mass is 16.6. The van der Waals surface area contributed by atoms with Gasteiger partial charge in [0.05, 0.1) is 17.0 Å². The van der Waals surface area contributed by atoms with E-state index >= 15 is 0 Å². The number of fused-ring (bicyclic) bond motifs is 6. The Kier molecular flexibility index (Phi) is 3.81. The Morgan fingerprint density at radius 3 is 2.64 bits per heavy atom. The Labute approximate surface area is 168 Å². The fourth-order valence-electron chi connectivity index (χ4n) is 7.31. The van der Waals surface area contributed by atoms with Gasteiger partial charge in [-0.25, -0.2) is 0 Å². The van der Waals surface area contributed by atoms with Crippen LogP contribution < -0.4 is 0 Å². The van der Waals surface area contributed by atoms with Gasteiger partial charge in [-0.15, -0.1) is 0 Å². The van der Waals surface area contributed by atoms with Crippen LogP contribution in [0.3, 0.4) is 0 Å². The summed E-state index contributed by atoms with van der Waals surface area (Å²) in [6.45, 7) is 6.49. The van der Waals surface area contributed by atoms with Crippen molar-refractivity contribution in [3.8, 4) is 6.07 Å². The Morgan fingerprint density at radius 1 is 1.07 bits per heavy atom. The van der Waals surface area contributed by atoms with Crippen molar-refractivity contribution in [3.05, 3.63) is 34.9 Å². The Hall–Kier alpha value is -1.82. The number of esters is 1. The highest BCUT2D eigenvalue weighted by Gasteiger charge is 2.65. The van der Waals surface area contributed by atoms with Crippen molar-refractivity contribution in [2.45, 2.75) is 83.7 Å². The highest BCUT2D eigenvalue weighted by Crippen LogP contribution is 2.67. The molecule has 0 unspecified atom stereocenters. The first-order valence-electron chi connectivity index (χ1n) is 11.1. The van der Waals surface area contributed by atoms with Crippen LogP contribution in [-0.4, -0.2) is 11.6 Å². The number of rotatable bonds is 0. The largest absolute Gasteiger partial charge is 0.458 e. The predicted octanol–water partition coefficient (Wildman–Crippen LogP) is 5.52. The standard InChI is InChI=1S/C25H31NO2/c1-23(2)12-13-25(28-22(23)27)11-9-21-20-7-5-17-14-16(15-26)4-6-18(17)19(20)8-10-24(21,25)3/h4,6,14,19-21H,5,7-13H2,1-3H3/t19-,20-,21+,24+,25-/m1/s1. The molecule has 28 heavy (non-hydrogen) atoms. The lowest BCUT2D eigenvalue weighted by Gasteiger charge is -2.56. The van der Waals surface area contributed by atoms with E-state index in [4.69, 9.17) is 4.74 Å². The summed E-state index contributed by atoms with van der Waals surface area (Å²) in [5.41, 5.74) is 3.21. The Balaban J connectivity index is 1.46. The van der Waals surface area contributed by atoms with E-state index in [0.29, 0.717) is 17.8 Å². The van der Waals surface area contributed by atoms with E-state index in [1.807, 2.05) is 19.9 Å². The van der Waals surface area contributed by atoms with E-state index in [9.17, 15) is 10.1 Å². The molecule has 0 amide bonds. The first kappa shape index (κ1) is 18.2. The second-order valence-electron chi connectivity index (χ2n) is 10.7. The van der Waals surface area contributed by atoms with Crippen LogP contribution in [0.15, 0.2) is 18.2 Å². The third kappa shape index (κ3) is 2.30. The van der Waals surface area contributed by atoms with Gasteiger partial charge in [-0.3, -0.25) is 4.79 Å². The van der Waals surface area contributed by atoms with Crippen molar-refractivity contribution >= 4 is 5.97 Å². The number of benzene rings is 1. The molecule has 1 aromatic rings. The fraction of sp³-hybridized carbons (Fsp3) is 0.680. The van der Waals surface area contributed by atoms with Gasteiger partial charge < -0.3 is 4.74 Å². The molecule has 3 fully saturated rings. The summed E-state index contributed by atoms with van der Waals surface area (Å²) >= 11 is 0. The van der Waals surface area contributed by atoms with Crippen LogP contribution in [-0.2, 0) is 16.0 Å². The number of hydrogen-bond donors (Lipinski definition) is 0. The molecular weight excluding hydrogens is 346 g/mol. The predicted molar refractivity (Wildman–Crippen MR) is 108 cm³/mol. The van der Waals surface area contributed by atoms with Crippen molar-refractivity contribution in [2.75, 3.05) is 0 Å². The number of nitrogens with zero attached hydrogens (tertiary/aromatic N) is 1. The number of nitriles is 1. The van der Waals surface area contributed by atoms with Crippen molar-refractivity contribution in [1.29, 1.82) is 5.26 Å². The molecule has 0 radical (unpaired) electrons. The van der Waals surface area contributed by atoms with Crippen LogP contribution in [0.2, 0.25) is 0 Å². The molecule has 5 rings (SSSR count). The smallest absolute Gasteiger partial charge is 0.312 e. The number of aryl methyl sites for hydroxylation is 1. The molecule has 1 aromatic carbocycles. The van der Waals surface area contributed by atoms with E-state index < -0.39 is 0 Å². The monoisotopic (exact) mass is 377 g/mol. The minimum atomic E-state index is -0.334. The van der Waals surface area contributed by atoms with Gasteiger partial charge in [-0.05, 0) is 106 Å². The van der Waals surface area contributed by atoms with Gasteiger partial charge >= 0.3 is 5.97 Å². The second kappa shape index (κ2) is 5.85.